The lowest BCUT2D eigenvalue weighted by molar-refractivity contribution is -0.284. The predicted molar refractivity (Wildman–Crippen MR) is 204 cm³/mol. The molecule has 1 N–H and O–H groups in total. The van der Waals surface area contributed by atoms with Crippen LogP contribution in [0.4, 0.5) is 26.7 Å². The summed E-state index contributed by atoms with van der Waals surface area (Å²) in [6.45, 7) is 4.65. The number of aliphatic hydroxyl groups excluding tert-OH is 1. The smallest absolute Gasteiger partial charge is 0.453 e. The number of rotatable bonds is 16. The molecule has 6 rings (SSSR count). The molecule has 8 nitrogen and oxygen atoms in total. The number of hydrogen-bond donors (Lipinski definition) is 1. The number of ether oxygens (including phenoxy) is 2. The number of nitrogens with zero attached hydrogens (tertiary/aromatic N) is 2. The van der Waals surface area contributed by atoms with Crippen LogP contribution < -0.4 is 4.74 Å². The van der Waals surface area contributed by atoms with Crippen LogP contribution in [0.25, 0.3) is 0 Å². The molecule has 0 bridgehead atoms. The van der Waals surface area contributed by atoms with E-state index >= 15 is 0 Å². The van der Waals surface area contributed by atoms with Gasteiger partial charge in [-0.15, -0.1) is 0 Å². The van der Waals surface area contributed by atoms with Crippen molar-refractivity contribution < 1.29 is 50.7 Å². The highest BCUT2D eigenvalue weighted by Crippen LogP contribution is 2.63. The molecule has 7 atom stereocenters. The van der Waals surface area contributed by atoms with E-state index in [9.17, 15) is 41.2 Å². The van der Waals surface area contributed by atoms with E-state index in [4.69, 9.17) is 9.47 Å². The fourth-order valence-corrected chi connectivity index (χ4v) is 12.0. The molecule has 4 fully saturated rings. The second-order valence-corrected chi connectivity index (χ2v) is 19.1. The van der Waals surface area contributed by atoms with Crippen LogP contribution in [0.2, 0.25) is 0 Å². The Labute approximate surface area is 331 Å². The molecule has 2 amide bonds. The molecule has 2 aliphatic heterocycles. The van der Waals surface area contributed by atoms with Gasteiger partial charge < -0.3 is 28.9 Å². The predicted octanol–water partition coefficient (Wildman–Crippen LogP) is 8.80. The lowest BCUT2D eigenvalue weighted by atomic mass is 9.52. The number of unbranched alkanes of at least 4 members (excludes halogenated alkanes) is 6. The lowest BCUT2D eigenvalue weighted by Crippen LogP contribution is -2.52. The quantitative estimate of drug-likeness (QED) is 0.102. The Bertz CT molecular complexity index is 1480. The van der Waals surface area contributed by atoms with Crippen molar-refractivity contribution in [2.75, 3.05) is 44.4 Å². The molecule has 1 aromatic rings. The van der Waals surface area contributed by atoms with Gasteiger partial charge in [-0.2, -0.15) is 22.0 Å². The van der Waals surface area contributed by atoms with Crippen molar-refractivity contribution in [3.8, 4) is 5.75 Å². The number of piperidine rings is 1. The third-order valence-electron chi connectivity index (χ3n) is 13.9. The van der Waals surface area contributed by atoms with Crippen molar-refractivity contribution in [2.45, 2.75) is 146 Å². The number of halogens is 5. The van der Waals surface area contributed by atoms with Gasteiger partial charge in [0, 0.05) is 32.1 Å². The molecule has 56 heavy (non-hydrogen) atoms. The summed E-state index contributed by atoms with van der Waals surface area (Å²) in [5.41, 5.74) is 2.58. The number of morpholine rings is 1. The Hall–Kier alpha value is -2.16. The minimum absolute atomic E-state index is 0.0165. The third-order valence-corrected chi connectivity index (χ3v) is 15.4. The lowest BCUT2D eigenvalue weighted by Gasteiger charge is -2.53. The molecule has 1 unspecified atom stereocenters. The van der Waals surface area contributed by atoms with Gasteiger partial charge in [-0.1, -0.05) is 56.3 Å². The zero-order valence-corrected chi connectivity index (χ0v) is 33.7. The highest BCUT2D eigenvalue weighted by atomic mass is 32.2. The number of fused-ring (bicyclic) bond motifs is 5. The van der Waals surface area contributed by atoms with Crippen LogP contribution in [0.3, 0.4) is 0 Å². The first-order chi connectivity index (χ1) is 26.7. The average molecular weight is 817 g/mol. The molecule has 2 saturated carbocycles. The Kier molecular flexibility index (Phi) is 14.6. The zero-order chi connectivity index (χ0) is 40.1. The molecule has 0 spiro atoms. The molecule has 3 aliphatic carbocycles. The van der Waals surface area contributed by atoms with E-state index in [1.54, 1.807) is 4.90 Å². The topological polar surface area (TPSA) is 102 Å². The van der Waals surface area contributed by atoms with Crippen LogP contribution in [0.1, 0.15) is 127 Å². The largest absolute Gasteiger partial charge is 0.616 e. The maximum absolute atomic E-state index is 13.3. The van der Waals surface area contributed by atoms with Crippen LogP contribution in [-0.4, -0.2) is 100 Å². The van der Waals surface area contributed by atoms with Crippen molar-refractivity contribution in [3.63, 3.8) is 0 Å². The van der Waals surface area contributed by atoms with Crippen LogP contribution in [-0.2, 0) is 27.1 Å². The first-order valence-electron chi connectivity index (χ1n) is 21.1. The Morgan fingerprint density at radius 2 is 1.66 bits per heavy atom. The maximum atomic E-state index is 13.3. The van der Waals surface area contributed by atoms with E-state index in [-0.39, 0.29) is 41.9 Å². The third kappa shape index (κ3) is 10.2. The van der Waals surface area contributed by atoms with Crippen LogP contribution in [0.15, 0.2) is 18.2 Å². The first-order valence-corrected chi connectivity index (χ1v) is 22.6. The summed E-state index contributed by atoms with van der Waals surface area (Å²) < 4.78 is 86.5. The summed E-state index contributed by atoms with van der Waals surface area (Å²) in [7, 11) is 0. The van der Waals surface area contributed by atoms with E-state index in [1.807, 2.05) is 11.0 Å². The molecular weight excluding hydrogens is 756 g/mol. The molecule has 2 saturated heterocycles. The van der Waals surface area contributed by atoms with Gasteiger partial charge in [0.2, 0.25) is 5.91 Å². The zero-order valence-electron chi connectivity index (χ0n) is 32.8. The number of likely N-dealkylation sites (tertiary alicyclic amines) is 1. The van der Waals surface area contributed by atoms with Crippen molar-refractivity contribution in [2.24, 2.45) is 23.2 Å². The van der Waals surface area contributed by atoms with E-state index in [2.05, 4.69) is 19.1 Å². The molecule has 0 aromatic heterocycles. The SMILES string of the molecule is C[C@]12CC[C@@H]3c4ccc(OC(=O)N5CCC(N6CCOCC6=O)CC5)cc4C[C@@H](CCCCCCCCC[S+]([O-])CCCC(F)(F)C(F)(F)F)[C@H]3[C@@H]1CC[C@@H]2O. The molecule has 1 aromatic carbocycles. The minimum atomic E-state index is -5.56. The summed E-state index contributed by atoms with van der Waals surface area (Å²) >= 11 is -1.39. The summed E-state index contributed by atoms with van der Waals surface area (Å²) in [5.74, 6) is -2.07. The van der Waals surface area contributed by atoms with Crippen LogP contribution in [0, 0.1) is 23.2 Å². The van der Waals surface area contributed by atoms with Gasteiger partial charge >= 0.3 is 18.2 Å². The highest BCUT2D eigenvalue weighted by Gasteiger charge is 2.57. The molecule has 2 heterocycles. The fraction of sp³-hybridized carbons (Fsp3) is 0.810. The fourth-order valence-electron chi connectivity index (χ4n) is 10.8. The van der Waals surface area contributed by atoms with E-state index in [0.717, 1.165) is 89.9 Å². The second kappa shape index (κ2) is 18.8. The Morgan fingerprint density at radius 1 is 0.964 bits per heavy atom. The average Bonchev–Trinajstić information content (AvgIpc) is 3.47. The number of carbonyl (C=O) groups is 2. The van der Waals surface area contributed by atoms with Gasteiger partial charge in [-0.3, -0.25) is 4.79 Å². The highest BCUT2D eigenvalue weighted by molar-refractivity contribution is 7.91. The monoisotopic (exact) mass is 816 g/mol. The summed E-state index contributed by atoms with van der Waals surface area (Å²) in [5, 5.41) is 11.1. The number of alkyl halides is 5. The van der Waals surface area contributed by atoms with Crippen LogP contribution >= 0.6 is 0 Å². The molecular formula is C42H61F5N2O6S. The van der Waals surface area contributed by atoms with Gasteiger partial charge in [0.15, 0.2) is 0 Å². The first kappa shape index (κ1) is 43.4. The standard InChI is InChI=1S/C42H61F5N2O6S/c1-40-19-15-34-33-12-11-32(55-39(52)48-20-16-31(17-21-48)49-22-23-54-28-37(49)51)27-30(33)26-29(38(34)35(40)13-14-36(40)50)10-7-5-3-2-4-6-8-24-56(53)25-9-18-41(43,44)42(45,46)47/h11-12,27,29,31,34-36,38,50H,2-10,13-26,28H2,1H3/t29-,34-,35+,36+,38-,40+,56?/m1/s1. The minimum Gasteiger partial charge on any atom is -0.616 e. The molecule has 14 heteroatoms. The molecule has 316 valence electrons. The van der Waals surface area contributed by atoms with Crippen molar-refractivity contribution in [3.05, 3.63) is 29.3 Å². The Balaban J connectivity index is 0.964. The van der Waals surface area contributed by atoms with Gasteiger partial charge in [0.25, 0.3) is 0 Å². The van der Waals surface area contributed by atoms with E-state index in [0.29, 0.717) is 67.8 Å². The van der Waals surface area contributed by atoms with Gasteiger partial charge in [0.05, 0.1) is 12.7 Å². The number of benzene rings is 1. The maximum Gasteiger partial charge on any atom is 0.453 e. The van der Waals surface area contributed by atoms with Crippen molar-refractivity contribution in [1.82, 2.24) is 9.80 Å². The van der Waals surface area contributed by atoms with Crippen LogP contribution in [0.5, 0.6) is 5.75 Å². The number of hydrogen-bond acceptors (Lipinski definition) is 6. The van der Waals surface area contributed by atoms with E-state index in [1.165, 1.54) is 11.1 Å². The number of carbonyl (C=O) groups excluding carboxylic acids is 2. The molecule has 5 aliphatic rings. The summed E-state index contributed by atoms with van der Waals surface area (Å²) in [6, 6.07) is 6.33. The summed E-state index contributed by atoms with van der Waals surface area (Å²) in [4.78, 5) is 29.2. The number of amides is 2. The van der Waals surface area contributed by atoms with Crippen molar-refractivity contribution >= 4 is 23.2 Å². The van der Waals surface area contributed by atoms with Gasteiger partial charge in [-0.25, -0.2) is 4.79 Å². The number of aliphatic hydroxyl groups is 1. The van der Waals surface area contributed by atoms with E-state index < -0.39 is 36.1 Å². The van der Waals surface area contributed by atoms with Gasteiger partial charge in [0.1, 0.15) is 23.9 Å². The molecule has 0 radical (unpaired) electrons. The normalized spacial score (nSPS) is 29.1. The van der Waals surface area contributed by atoms with Crippen molar-refractivity contribution in [1.29, 1.82) is 0 Å². The van der Waals surface area contributed by atoms with Gasteiger partial charge in [-0.05, 0) is 123 Å². The summed E-state index contributed by atoms with van der Waals surface area (Å²) in [6.07, 6.45) is 6.34. The second-order valence-electron chi connectivity index (χ2n) is 17.4. The Morgan fingerprint density at radius 3 is 2.38 bits per heavy atom.